The molecule has 0 atom stereocenters. The number of rotatable bonds is 3. The van der Waals surface area contributed by atoms with Crippen molar-refractivity contribution in [3.8, 4) is 0 Å². The van der Waals surface area contributed by atoms with E-state index in [1.165, 1.54) is 6.33 Å². The number of imidazole rings is 1. The number of H-pyrrole nitrogens is 2. The van der Waals surface area contributed by atoms with Crippen molar-refractivity contribution in [2.24, 2.45) is 0 Å². The summed E-state index contributed by atoms with van der Waals surface area (Å²) in [6.07, 6.45) is 1.86. The highest BCUT2D eigenvalue weighted by Gasteiger charge is 2.06. The molecule has 0 aliphatic carbocycles. The van der Waals surface area contributed by atoms with Gasteiger partial charge in [0.1, 0.15) is 11.3 Å². The van der Waals surface area contributed by atoms with Crippen LogP contribution in [-0.2, 0) is 11.2 Å². The van der Waals surface area contributed by atoms with Crippen LogP contribution in [0.5, 0.6) is 0 Å². The lowest BCUT2D eigenvalue weighted by Gasteiger charge is -1.89. The Bertz CT molecular complexity index is 559. The summed E-state index contributed by atoms with van der Waals surface area (Å²) in [5.41, 5.74) is 1.25. The fraction of sp³-hybridized carbons (Fsp3) is 0.250. The second-order valence-electron chi connectivity index (χ2n) is 3.01. The zero-order chi connectivity index (χ0) is 10.8. The number of carboxylic acid groups (broad SMARTS) is 1. The number of fused-ring (bicyclic) bond motifs is 1. The maximum absolute atomic E-state index is 10.4. The summed E-state index contributed by atoms with van der Waals surface area (Å²) < 4.78 is 0.429. The molecule has 2 aromatic heterocycles. The fourth-order valence-electron chi connectivity index (χ4n) is 1.24. The van der Waals surface area contributed by atoms with Crippen LogP contribution in [0.1, 0.15) is 12.2 Å². The van der Waals surface area contributed by atoms with E-state index >= 15 is 0 Å². The smallest absolute Gasteiger partial charge is 0.303 e. The molecule has 0 saturated heterocycles. The Kier molecular flexibility index (Phi) is 2.46. The molecular formula is C8H8N4O2S. The number of aromatic amines is 2. The summed E-state index contributed by atoms with van der Waals surface area (Å²) >= 11 is 4.98. The minimum Gasteiger partial charge on any atom is -0.481 e. The molecule has 0 spiro atoms. The molecule has 15 heavy (non-hydrogen) atoms. The van der Waals surface area contributed by atoms with Crippen LogP contribution in [0.25, 0.3) is 11.2 Å². The maximum Gasteiger partial charge on any atom is 0.303 e. The van der Waals surface area contributed by atoms with Crippen LogP contribution in [0.3, 0.4) is 0 Å². The number of hydrogen-bond donors (Lipinski definition) is 3. The Balaban J connectivity index is 2.35. The molecule has 6 nitrogen and oxygen atoms in total. The van der Waals surface area contributed by atoms with Crippen molar-refractivity contribution in [3.63, 3.8) is 0 Å². The summed E-state index contributed by atoms with van der Waals surface area (Å²) in [5, 5.41) is 8.52. The first-order valence-corrected chi connectivity index (χ1v) is 4.71. The van der Waals surface area contributed by atoms with Gasteiger partial charge in [0, 0.05) is 6.42 Å². The van der Waals surface area contributed by atoms with Crippen LogP contribution in [0, 0.1) is 4.64 Å². The van der Waals surface area contributed by atoms with Gasteiger partial charge in [0.05, 0.1) is 12.7 Å². The Morgan fingerprint density at radius 1 is 1.60 bits per heavy atom. The van der Waals surface area contributed by atoms with E-state index in [1.807, 2.05) is 0 Å². The molecule has 0 fully saturated rings. The zero-order valence-electron chi connectivity index (χ0n) is 7.65. The molecule has 0 radical (unpaired) electrons. The Labute approximate surface area is 89.4 Å². The first-order valence-electron chi connectivity index (χ1n) is 4.31. The monoisotopic (exact) mass is 224 g/mol. The number of nitrogens with zero attached hydrogens (tertiary/aromatic N) is 2. The molecule has 2 rings (SSSR count). The van der Waals surface area contributed by atoms with E-state index in [9.17, 15) is 4.79 Å². The predicted molar refractivity (Wildman–Crippen MR) is 55.0 cm³/mol. The van der Waals surface area contributed by atoms with Gasteiger partial charge in [-0.1, -0.05) is 12.2 Å². The van der Waals surface area contributed by atoms with Crippen molar-refractivity contribution in [1.29, 1.82) is 0 Å². The predicted octanol–water partition coefficient (Wildman–Crippen LogP) is 1.03. The lowest BCUT2D eigenvalue weighted by atomic mass is 10.3. The number of aromatic nitrogens is 4. The van der Waals surface area contributed by atoms with Gasteiger partial charge < -0.3 is 15.1 Å². The van der Waals surface area contributed by atoms with Crippen LogP contribution < -0.4 is 0 Å². The maximum atomic E-state index is 10.4. The second kappa shape index (κ2) is 3.77. The van der Waals surface area contributed by atoms with Gasteiger partial charge >= 0.3 is 5.97 Å². The van der Waals surface area contributed by atoms with Crippen LogP contribution in [0.2, 0.25) is 0 Å². The van der Waals surface area contributed by atoms with Gasteiger partial charge in [-0.3, -0.25) is 4.79 Å². The quantitative estimate of drug-likeness (QED) is 0.677. The lowest BCUT2D eigenvalue weighted by Crippen LogP contribution is -1.98. The van der Waals surface area contributed by atoms with Crippen molar-refractivity contribution in [1.82, 2.24) is 19.9 Å². The molecule has 2 aromatic rings. The molecule has 0 aromatic carbocycles. The normalized spacial score (nSPS) is 10.7. The summed E-state index contributed by atoms with van der Waals surface area (Å²) in [6.45, 7) is 0. The minimum atomic E-state index is -0.851. The van der Waals surface area contributed by atoms with Gasteiger partial charge in [-0.2, -0.15) is 0 Å². The highest BCUT2D eigenvalue weighted by molar-refractivity contribution is 7.71. The highest BCUT2D eigenvalue weighted by atomic mass is 32.1. The van der Waals surface area contributed by atoms with E-state index in [1.54, 1.807) is 0 Å². The summed E-state index contributed by atoms with van der Waals surface area (Å²) in [5.74, 6) is -0.251. The molecule has 2 heterocycles. The number of hydrogen-bond acceptors (Lipinski definition) is 4. The average Bonchev–Trinajstić information content (AvgIpc) is 2.59. The van der Waals surface area contributed by atoms with Crippen molar-refractivity contribution >= 4 is 29.4 Å². The molecule has 0 amide bonds. The third kappa shape index (κ3) is 2.01. The van der Waals surface area contributed by atoms with Crippen LogP contribution in [0.4, 0.5) is 0 Å². The summed E-state index contributed by atoms with van der Waals surface area (Å²) in [7, 11) is 0. The molecule has 3 N–H and O–H groups in total. The molecule has 0 aliphatic rings. The van der Waals surface area contributed by atoms with Crippen LogP contribution in [0.15, 0.2) is 6.33 Å². The molecule has 0 aliphatic heterocycles. The van der Waals surface area contributed by atoms with Gasteiger partial charge in [0.25, 0.3) is 0 Å². The van der Waals surface area contributed by atoms with E-state index in [0.717, 1.165) is 0 Å². The molecule has 78 valence electrons. The molecule has 7 heteroatoms. The van der Waals surface area contributed by atoms with Crippen LogP contribution >= 0.6 is 12.2 Å². The number of carboxylic acids is 1. The van der Waals surface area contributed by atoms with Gasteiger partial charge in [-0.25, -0.2) is 9.97 Å². The Morgan fingerprint density at radius 2 is 2.40 bits per heavy atom. The third-order valence-corrected chi connectivity index (χ3v) is 2.23. The van der Waals surface area contributed by atoms with Crippen molar-refractivity contribution in [2.45, 2.75) is 12.8 Å². The van der Waals surface area contributed by atoms with Crippen molar-refractivity contribution in [3.05, 3.63) is 16.8 Å². The molecule has 0 bridgehead atoms. The minimum absolute atomic E-state index is 0.0417. The van der Waals surface area contributed by atoms with E-state index in [0.29, 0.717) is 28.0 Å². The SMILES string of the molecule is O=C(O)CCc1nc2[nH]cnc(=S)c2[nH]1. The molecule has 0 unspecified atom stereocenters. The van der Waals surface area contributed by atoms with Gasteiger partial charge in [0.15, 0.2) is 10.3 Å². The average molecular weight is 224 g/mol. The van der Waals surface area contributed by atoms with Gasteiger partial charge in [-0.05, 0) is 0 Å². The van der Waals surface area contributed by atoms with E-state index in [4.69, 9.17) is 17.3 Å². The van der Waals surface area contributed by atoms with Gasteiger partial charge in [-0.15, -0.1) is 0 Å². The number of nitrogens with one attached hydrogen (secondary N) is 2. The zero-order valence-corrected chi connectivity index (χ0v) is 8.47. The number of aliphatic carboxylic acids is 1. The standard InChI is InChI=1S/C8H8N4O2S/c13-5(14)2-1-4-11-6-7(12-4)9-3-10-8(6)15/h3H,1-2H2,(H,13,14)(H2,9,10,11,12,15). The highest BCUT2D eigenvalue weighted by Crippen LogP contribution is 2.09. The number of carbonyl (C=O) groups is 1. The number of aryl methyl sites for hydroxylation is 1. The second-order valence-corrected chi connectivity index (χ2v) is 3.40. The van der Waals surface area contributed by atoms with Crippen LogP contribution in [-0.4, -0.2) is 31.0 Å². The summed E-state index contributed by atoms with van der Waals surface area (Å²) in [4.78, 5) is 24.2. The van der Waals surface area contributed by atoms with E-state index in [-0.39, 0.29) is 6.42 Å². The lowest BCUT2D eigenvalue weighted by molar-refractivity contribution is -0.137. The summed E-state index contributed by atoms with van der Waals surface area (Å²) in [6, 6.07) is 0. The largest absolute Gasteiger partial charge is 0.481 e. The first-order chi connectivity index (χ1) is 7.16. The van der Waals surface area contributed by atoms with E-state index in [2.05, 4.69) is 19.9 Å². The third-order valence-electron chi connectivity index (χ3n) is 1.93. The molecule has 0 saturated carbocycles. The van der Waals surface area contributed by atoms with E-state index < -0.39 is 5.97 Å². The van der Waals surface area contributed by atoms with Crippen molar-refractivity contribution in [2.75, 3.05) is 0 Å². The first kappa shape index (κ1) is 9.78. The van der Waals surface area contributed by atoms with Crippen molar-refractivity contribution < 1.29 is 9.90 Å². The van der Waals surface area contributed by atoms with Gasteiger partial charge in [0.2, 0.25) is 0 Å². The Morgan fingerprint density at radius 3 is 3.07 bits per heavy atom. The topological polar surface area (TPSA) is 94.7 Å². The fourth-order valence-corrected chi connectivity index (χ4v) is 1.44. The molecular weight excluding hydrogens is 216 g/mol. The Hall–Kier alpha value is -1.76.